The van der Waals surface area contributed by atoms with Crippen molar-refractivity contribution in [3.63, 3.8) is 0 Å². The molecule has 0 unspecified atom stereocenters. The molecule has 0 aromatic heterocycles. The molecule has 2 amide bonds. The average Bonchev–Trinajstić information content (AvgIpc) is 3.66. The Morgan fingerprint density at radius 3 is 2.35 bits per heavy atom. The summed E-state index contributed by atoms with van der Waals surface area (Å²) in [6.45, 7) is 3.33. The highest BCUT2D eigenvalue weighted by Gasteiger charge is 2.30. The average molecular weight is 418 g/mol. The van der Waals surface area contributed by atoms with Crippen LogP contribution in [-0.4, -0.2) is 36.3 Å². The van der Waals surface area contributed by atoms with Crippen molar-refractivity contribution in [2.45, 2.75) is 51.5 Å². The van der Waals surface area contributed by atoms with Gasteiger partial charge in [-0.15, -0.1) is 0 Å². The first kappa shape index (κ1) is 20.1. The molecule has 5 rings (SSSR count). The lowest BCUT2D eigenvalue weighted by Crippen LogP contribution is -2.37. The molecule has 3 aliphatic rings. The lowest BCUT2D eigenvalue weighted by atomic mass is 9.99. The van der Waals surface area contributed by atoms with Gasteiger partial charge in [0.15, 0.2) is 0 Å². The number of hydrogen-bond acceptors (Lipinski definition) is 3. The number of rotatable bonds is 4. The fourth-order valence-corrected chi connectivity index (χ4v) is 4.79. The number of hydrogen-bond donors (Lipinski definition) is 1. The summed E-state index contributed by atoms with van der Waals surface area (Å²) >= 11 is 0. The second-order valence-electron chi connectivity index (χ2n) is 9.14. The smallest absolute Gasteiger partial charge is 0.256 e. The van der Waals surface area contributed by atoms with Crippen molar-refractivity contribution in [2.75, 3.05) is 29.9 Å². The van der Waals surface area contributed by atoms with E-state index < -0.39 is 0 Å². The van der Waals surface area contributed by atoms with Crippen LogP contribution in [0.5, 0.6) is 0 Å². The molecule has 5 nitrogen and oxygen atoms in total. The molecule has 1 saturated carbocycles. The molecule has 2 heterocycles. The predicted molar refractivity (Wildman–Crippen MR) is 123 cm³/mol. The number of carbonyl (C=O) groups excluding carboxylic acids is 2. The van der Waals surface area contributed by atoms with E-state index in [4.69, 9.17) is 0 Å². The lowest BCUT2D eigenvalue weighted by Gasteiger charge is -2.31. The maximum absolute atomic E-state index is 13.6. The minimum absolute atomic E-state index is 0.0915. The van der Waals surface area contributed by atoms with Crippen LogP contribution in [0.1, 0.15) is 60.0 Å². The maximum Gasteiger partial charge on any atom is 0.256 e. The largest absolute Gasteiger partial charge is 0.371 e. The standard InChI is InChI=1S/C26H31N3O2/c30-25(20-9-10-20)27-22-11-12-23(24(17-22)28-14-5-1-2-6-15-28)26(31)29-16-13-19-7-3-4-8-21(19)18-29/h3-4,7-8,11-12,17,20H,1-2,5-6,9-10,13-16,18H2,(H,27,30). The van der Waals surface area contributed by atoms with Crippen LogP contribution in [-0.2, 0) is 17.8 Å². The van der Waals surface area contributed by atoms with Crippen LogP contribution in [0.15, 0.2) is 42.5 Å². The van der Waals surface area contributed by atoms with Gasteiger partial charge in [0.2, 0.25) is 5.91 Å². The van der Waals surface area contributed by atoms with Crippen LogP contribution in [0.25, 0.3) is 0 Å². The van der Waals surface area contributed by atoms with Gasteiger partial charge in [-0.1, -0.05) is 37.1 Å². The van der Waals surface area contributed by atoms with Gasteiger partial charge in [-0.2, -0.15) is 0 Å². The number of nitrogens with one attached hydrogen (secondary N) is 1. The van der Waals surface area contributed by atoms with Crippen LogP contribution in [0.4, 0.5) is 11.4 Å². The zero-order valence-electron chi connectivity index (χ0n) is 18.1. The van der Waals surface area contributed by atoms with Crippen LogP contribution >= 0.6 is 0 Å². The second kappa shape index (κ2) is 8.74. The highest BCUT2D eigenvalue weighted by Crippen LogP contribution is 2.33. The first-order valence-corrected chi connectivity index (χ1v) is 11.7. The molecular weight excluding hydrogens is 386 g/mol. The minimum atomic E-state index is 0.0915. The quantitative estimate of drug-likeness (QED) is 0.790. The van der Waals surface area contributed by atoms with Gasteiger partial charge in [0.05, 0.1) is 11.3 Å². The monoisotopic (exact) mass is 417 g/mol. The summed E-state index contributed by atoms with van der Waals surface area (Å²) in [5.41, 5.74) is 5.12. The van der Waals surface area contributed by atoms with Crippen molar-refractivity contribution in [3.05, 3.63) is 59.2 Å². The molecule has 0 atom stereocenters. The van der Waals surface area contributed by atoms with E-state index in [1.54, 1.807) is 0 Å². The van der Waals surface area contributed by atoms with E-state index in [0.29, 0.717) is 6.54 Å². The molecule has 2 aliphatic heterocycles. The fourth-order valence-electron chi connectivity index (χ4n) is 4.79. The molecule has 0 bridgehead atoms. The van der Waals surface area contributed by atoms with Crippen LogP contribution < -0.4 is 10.2 Å². The summed E-state index contributed by atoms with van der Waals surface area (Å²) in [6.07, 6.45) is 7.63. The van der Waals surface area contributed by atoms with Crippen LogP contribution in [0.2, 0.25) is 0 Å². The Kier molecular flexibility index (Phi) is 5.66. The molecular formula is C26H31N3O2. The van der Waals surface area contributed by atoms with Crippen LogP contribution in [0, 0.1) is 5.92 Å². The fraction of sp³-hybridized carbons (Fsp3) is 0.462. The molecule has 2 fully saturated rings. The third-order valence-corrected chi connectivity index (χ3v) is 6.81. The molecule has 0 spiro atoms. The molecule has 5 heteroatoms. The zero-order chi connectivity index (χ0) is 21.2. The third-order valence-electron chi connectivity index (χ3n) is 6.81. The van der Waals surface area contributed by atoms with Gasteiger partial charge in [0.25, 0.3) is 5.91 Å². The van der Waals surface area contributed by atoms with E-state index in [1.165, 1.54) is 24.0 Å². The van der Waals surface area contributed by atoms with Crippen LogP contribution in [0.3, 0.4) is 0 Å². The topological polar surface area (TPSA) is 52.7 Å². The first-order valence-electron chi connectivity index (χ1n) is 11.7. The number of benzene rings is 2. The summed E-state index contributed by atoms with van der Waals surface area (Å²) in [5.74, 6) is 0.360. The van der Waals surface area contributed by atoms with Gasteiger partial charge in [-0.25, -0.2) is 0 Å². The highest BCUT2D eigenvalue weighted by atomic mass is 16.2. The Morgan fingerprint density at radius 1 is 0.871 bits per heavy atom. The maximum atomic E-state index is 13.6. The summed E-state index contributed by atoms with van der Waals surface area (Å²) in [5, 5.41) is 3.07. The van der Waals surface area contributed by atoms with E-state index in [0.717, 1.165) is 68.7 Å². The van der Waals surface area contributed by atoms with Gasteiger partial charge in [0.1, 0.15) is 0 Å². The number of nitrogens with zero attached hydrogens (tertiary/aromatic N) is 2. The van der Waals surface area contributed by atoms with E-state index in [9.17, 15) is 9.59 Å². The Morgan fingerprint density at radius 2 is 1.61 bits per heavy atom. The third kappa shape index (κ3) is 4.46. The van der Waals surface area contributed by atoms with Crippen molar-refractivity contribution >= 4 is 23.2 Å². The summed E-state index contributed by atoms with van der Waals surface area (Å²) in [4.78, 5) is 30.2. The summed E-state index contributed by atoms with van der Waals surface area (Å²) in [7, 11) is 0. The number of fused-ring (bicyclic) bond motifs is 1. The zero-order valence-corrected chi connectivity index (χ0v) is 18.1. The minimum Gasteiger partial charge on any atom is -0.371 e. The molecule has 0 radical (unpaired) electrons. The molecule has 1 aliphatic carbocycles. The van der Waals surface area contributed by atoms with Crippen molar-refractivity contribution < 1.29 is 9.59 Å². The molecule has 2 aromatic rings. The predicted octanol–water partition coefficient (Wildman–Crippen LogP) is 4.61. The van der Waals surface area contributed by atoms with Crippen molar-refractivity contribution in [2.24, 2.45) is 5.92 Å². The van der Waals surface area contributed by atoms with E-state index in [1.807, 2.05) is 29.2 Å². The van der Waals surface area contributed by atoms with Crippen molar-refractivity contribution in [1.82, 2.24) is 4.90 Å². The first-order chi connectivity index (χ1) is 15.2. The molecule has 31 heavy (non-hydrogen) atoms. The number of anilines is 2. The Balaban J connectivity index is 1.43. The Hall–Kier alpha value is -2.82. The normalized spacial score (nSPS) is 18.8. The van der Waals surface area contributed by atoms with Gasteiger partial charge < -0.3 is 15.1 Å². The van der Waals surface area contributed by atoms with Gasteiger partial charge in [-0.05, 0) is 61.4 Å². The van der Waals surface area contributed by atoms with E-state index >= 15 is 0 Å². The summed E-state index contributed by atoms with van der Waals surface area (Å²) < 4.78 is 0. The Labute approximate surface area is 184 Å². The van der Waals surface area contributed by atoms with Gasteiger partial charge in [0, 0.05) is 37.8 Å². The van der Waals surface area contributed by atoms with Crippen molar-refractivity contribution in [1.29, 1.82) is 0 Å². The number of amides is 2. The van der Waals surface area contributed by atoms with E-state index in [-0.39, 0.29) is 17.7 Å². The number of carbonyl (C=O) groups is 2. The lowest BCUT2D eigenvalue weighted by molar-refractivity contribution is -0.117. The van der Waals surface area contributed by atoms with E-state index in [2.05, 4.69) is 28.4 Å². The highest BCUT2D eigenvalue weighted by molar-refractivity contribution is 6.02. The molecule has 1 N–H and O–H groups in total. The van der Waals surface area contributed by atoms with Gasteiger partial charge in [-0.3, -0.25) is 9.59 Å². The molecule has 162 valence electrons. The summed E-state index contributed by atoms with van der Waals surface area (Å²) in [6, 6.07) is 14.3. The van der Waals surface area contributed by atoms with Gasteiger partial charge >= 0.3 is 0 Å². The molecule has 2 aromatic carbocycles. The molecule has 1 saturated heterocycles. The SMILES string of the molecule is O=C(Nc1ccc(C(=O)N2CCc3ccccc3C2)c(N2CCCCCC2)c1)C1CC1. The second-order valence-corrected chi connectivity index (χ2v) is 9.14. The Bertz CT molecular complexity index is 974. The van der Waals surface area contributed by atoms with Crippen molar-refractivity contribution in [3.8, 4) is 0 Å².